The minimum absolute atomic E-state index is 0.000274. The van der Waals surface area contributed by atoms with Crippen LogP contribution in [-0.4, -0.2) is 65.5 Å². The lowest BCUT2D eigenvalue weighted by atomic mass is 9.69. The Balaban J connectivity index is 1.23. The van der Waals surface area contributed by atoms with E-state index in [1.165, 1.54) is 19.2 Å². The van der Waals surface area contributed by atoms with Crippen LogP contribution in [0.15, 0.2) is 48.5 Å². The fraction of sp³-hybridized carbons (Fsp3) is 0.515. The third-order valence-corrected chi connectivity index (χ3v) is 9.65. The van der Waals surface area contributed by atoms with Gasteiger partial charge in [0.2, 0.25) is 0 Å². The number of hydrogen-bond donors (Lipinski definition) is 1. The van der Waals surface area contributed by atoms with Crippen molar-refractivity contribution in [1.29, 1.82) is 0 Å². The summed E-state index contributed by atoms with van der Waals surface area (Å²) in [5.41, 5.74) is 2.47. The predicted octanol–water partition coefficient (Wildman–Crippen LogP) is 6.44. The van der Waals surface area contributed by atoms with Gasteiger partial charge in [-0.1, -0.05) is 24.3 Å². The topological polar surface area (TPSA) is 65.6 Å². The van der Waals surface area contributed by atoms with Crippen LogP contribution in [0.2, 0.25) is 0 Å². The number of nitrogens with one attached hydrogen (secondary N) is 1. The summed E-state index contributed by atoms with van der Waals surface area (Å²) in [7, 11) is 1.41. The lowest BCUT2D eigenvalue weighted by molar-refractivity contribution is -0.141. The van der Waals surface area contributed by atoms with Gasteiger partial charge in [-0.2, -0.15) is 13.2 Å². The molecule has 6 rings (SSSR count). The number of esters is 1. The summed E-state index contributed by atoms with van der Waals surface area (Å²) in [5, 5.41) is 0.924. The second-order valence-corrected chi connectivity index (χ2v) is 12.2. The molecule has 0 radical (unpaired) electrons. The summed E-state index contributed by atoms with van der Waals surface area (Å²) in [5.74, 6) is 0.649. The van der Waals surface area contributed by atoms with E-state index in [-0.39, 0.29) is 17.9 Å². The molecular weight excluding hydrogens is 543 g/mol. The lowest BCUT2D eigenvalue weighted by Crippen LogP contribution is -2.65. The second kappa shape index (κ2) is 11.7. The average Bonchev–Trinajstić information content (AvgIpc) is 3.41. The maximum absolute atomic E-state index is 14.2. The fourth-order valence-corrected chi connectivity index (χ4v) is 7.76. The molecular formula is C33H38F3N3O3. The van der Waals surface area contributed by atoms with E-state index in [0.717, 1.165) is 85.9 Å². The van der Waals surface area contributed by atoms with Crippen molar-refractivity contribution in [2.24, 2.45) is 11.8 Å². The van der Waals surface area contributed by atoms with Gasteiger partial charge in [0.05, 0.1) is 12.7 Å². The number of alkyl halides is 3. The highest BCUT2D eigenvalue weighted by Gasteiger charge is 2.49. The van der Waals surface area contributed by atoms with Crippen LogP contribution in [0.25, 0.3) is 10.9 Å². The molecule has 4 atom stereocenters. The Labute approximate surface area is 244 Å². The SMILES string of the molecule is COC(=O)CCC[C@@H]1[C@H]2CCCN3CCC[C@@H](CN1C(=O)c1cc4ccc(Cc5ccc(C(F)(F)F)cc5)cc4[nH]1)[C@@H]23. The highest BCUT2D eigenvalue weighted by molar-refractivity contribution is 5.98. The Hall–Kier alpha value is -3.33. The number of methoxy groups -OCH3 is 1. The summed E-state index contributed by atoms with van der Waals surface area (Å²) in [6.07, 6.45) is 2.50. The molecule has 42 heavy (non-hydrogen) atoms. The molecule has 9 heteroatoms. The smallest absolute Gasteiger partial charge is 0.416 e. The van der Waals surface area contributed by atoms with E-state index in [4.69, 9.17) is 4.74 Å². The highest BCUT2D eigenvalue weighted by atomic mass is 19.4. The van der Waals surface area contributed by atoms with Crippen LogP contribution in [0.1, 0.15) is 72.1 Å². The Morgan fingerprint density at radius 1 is 1.00 bits per heavy atom. The monoisotopic (exact) mass is 581 g/mol. The largest absolute Gasteiger partial charge is 0.469 e. The molecule has 0 aliphatic carbocycles. The number of piperidine rings is 3. The molecule has 3 aliphatic rings. The van der Waals surface area contributed by atoms with Crippen molar-refractivity contribution in [3.63, 3.8) is 0 Å². The minimum Gasteiger partial charge on any atom is -0.469 e. The maximum Gasteiger partial charge on any atom is 0.416 e. The van der Waals surface area contributed by atoms with Gasteiger partial charge in [-0.25, -0.2) is 0 Å². The number of aromatic nitrogens is 1. The van der Waals surface area contributed by atoms with Crippen molar-refractivity contribution >= 4 is 22.8 Å². The molecule has 3 fully saturated rings. The average molecular weight is 582 g/mol. The number of halogens is 3. The third-order valence-electron chi connectivity index (χ3n) is 9.65. The van der Waals surface area contributed by atoms with Crippen molar-refractivity contribution in [3.8, 4) is 0 Å². The van der Waals surface area contributed by atoms with E-state index in [9.17, 15) is 22.8 Å². The van der Waals surface area contributed by atoms with E-state index >= 15 is 0 Å². The van der Waals surface area contributed by atoms with Crippen LogP contribution in [0, 0.1) is 11.8 Å². The van der Waals surface area contributed by atoms with Gasteiger partial charge in [-0.15, -0.1) is 0 Å². The number of amides is 1. The first-order valence-corrected chi connectivity index (χ1v) is 15.1. The molecule has 3 aromatic rings. The summed E-state index contributed by atoms with van der Waals surface area (Å²) in [4.78, 5) is 34.1. The van der Waals surface area contributed by atoms with E-state index < -0.39 is 11.7 Å². The number of carbonyl (C=O) groups is 2. The molecule has 4 heterocycles. The minimum atomic E-state index is -4.35. The molecule has 1 N–H and O–H groups in total. The van der Waals surface area contributed by atoms with E-state index in [1.807, 2.05) is 24.3 Å². The molecule has 3 aliphatic heterocycles. The van der Waals surface area contributed by atoms with Crippen LogP contribution < -0.4 is 0 Å². The Morgan fingerprint density at radius 3 is 2.48 bits per heavy atom. The number of carbonyl (C=O) groups excluding carboxylic acids is 2. The molecule has 3 saturated heterocycles. The van der Waals surface area contributed by atoms with Crippen molar-refractivity contribution in [3.05, 3.63) is 70.9 Å². The zero-order valence-electron chi connectivity index (χ0n) is 24.0. The number of H-pyrrole nitrogens is 1. The number of hydrogen-bond acceptors (Lipinski definition) is 4. The van der Waals surface area contributed by atoms with Crippen LogP contribution in [0.4, 0.5) is 13.2 Å². The molecule has 6 nitrogen and oxygen atoms in total. The molecule has 1 amide bonds. The van der Waals surface area contributed by atoms with E-state index in [1.54, 1.807) is 0 Å². The molecule has 0 unspecified atom stereocenters. The lowest BCUT2D eigenvalue weighted by Gasteiger charge is -2.57. The van der Waals surface area contributed by atoms with Gasteiger partial charge < -0.3 is 14.6 Å². The van der Waals surface area contributed by atoms with E-state index in [2.05, 4.69) is 14.8 Å². The standard InChI is InChI=1S/C33H38F3N3O3/c1-42-30(40)8-2-7-29-26-6-4-16-38-15-3-5-24(31(26)38)20-39(29)32(41)28-19-23-12-9-22(18-27(23)37-28)17-21-10-13-25(14-11-21)33(34,35)36/h9-14,18-19,24,26,29,31,37H,2-8,15-17,20H2,1H3/t24-,26+,29+,31-/m0/s1. The van der Waals surface area contributed by atoms with Gasteiger partial charge in [0, 0.05) is 36.0 Å². The van der Waals surface area contributed by atoms with Crippen LogP contribution in [0.5, 0.6) is 0 Å². The first kappa shape index (κ1) is 28.8. The normalized spacial score (nSPS) is 24.4. The number of fused-ring (bicyclic) bond motifs is 1. The Morgan fingerprint density at radius 2 is 1.74 bits per heavy atom. The quantitative estimate of drug-likeness (QED) is 0.327. The highest BCUT2D eigenvalue weighted by Crippen LogP contribution is 2.44. The summed E-state index contributed by atoms with van der Waals surface area (Å²) < 4.78 is 43.7. The number of rotatable bonds is 7. The zero-order chi connectivity index (χ0) is 29.4. The molecule has 0 bridgehead atoms. The predicted molar refractivity (Wildman–Crippen MR) is 154 cm³/mol. The summed E-state index contributed by atoms with van der Waals surface area (Å²) >= 11 is 0. The van der Waals surface area contributed by atoms with Crippen molar-refractivity contribution in [2.45, 2.75) is 69.6 Å². The van der Waals surface area contributed by atoms with Crippen molar-refractivity contribution in [2.75, 3.05) is 26.7 Å². The van der Waals surface area contributed by atoms with Crippen LogP contribution >= 0.6 is 0 Å². The molecule has 2 aromatic carbocycles. The second-order valence-electron chi connectivity index (χ2n) is 12.2. The number of likely N-dealkylation sites (tertiary alicyclic amines) is 1. The van der Waals surface area contributed by atoms with Crippen LogP contribution in [-0.2, 0) is 22.1 Å². The molecule has 1 aromatic heterocycles. The number of ether oxygens (including phenoxy) is 1. The number of aromatic amines is 1. The third kappa shape index (κ3) is 5.80. The number of benzene rings is 2. The van der Waals surface area contributed by atoms with Gasteiger partial charge in [0.15, 0.2) is 0 Å². The Kier molecular flexibility index (Phi) is 8.05. The van der Waals surface area contributed by atoms with Gasteiger partial charge in [-0.05, 0) is 105 Å². The first-order chi connectivity index (χ1) is 20.2. The zero-order valence-corrected chi connectivity index (χ0v) is 24.0. The van der Waals surface area contributed by atoms with Gasteiger partial charge in [0.1, 0.15) is 5.69 Å². The van der Waals surface area contributed by atoms with Gasteiger partial charge >= 0.3 is 12.1 Å². The van der Waals surface area contributed by atoms with Crippen LogP contribution in [0.3, 0.4) is 0 Å². The van der Waals surface area contributed by atoms with Crippen molar-refractivity contribution < 1.29 is 27.5 Å². The van der Waals surface area contributed by atoms with Gasteiger partial charge in [-0.3, -0.25) is 14.5 Å². The fourth-order valence-electron chi connectivity index (χ4n) is 7.76. The number of nitrogens with zero attached hydrogens (tertiary/aromatic N) is 2. The summed E-state index contributed by atoms with van der Waals surface area (Å²) in [6, 6.07) is 13.6. The maximum atomic E-state index is 14.2. The molecule has 224 valence electrons. The van der Waals surface area contributed by atoms with Gasteiger partial charge in [0.25, 0.3) is 5.91 Å². The Bertz CT molecular complexity index is 1430. The first-order valence-electron chi connectivity index (χ1n) is 15.1. The summed E-state index contributed by atoms with van der Waals surface area (Å²) in [6.45, 7) is 3.00. The molecule has 0 spiro atoms. The molecule has 0 saturated carbocycles. The van der Waals surface area contributed by atoms with E-state index in [0.29, 0.717) is 42.8 Å². The van der Waals surface area contributed by atoms with Crippen molar-refractivity contribution in [1.82, 2.24) is 14.8 Å².